The van der Waals surface area contributed by atoms with Gasteiger partial charge >= 0.3 is 0 Å². The van der Waals surface area contributed by atoms with Gasteiger partial charge in [-0.15, -0.1) is 22.7 Å². The van der Waals surface area contributed by atoms with E-state index in [-0.39, 0.29) is 11.5 Å². The highest BCUT2D eigenvalue weighted by molar-refractivity contribution is 7.98. The molecule has 0 fully saturated rings. The van der Waals surface area contributed by atoms with Crippen LogP contribution in [0.5, 0.6) is 0 Å². The number of hydrogen-bond acceptors (Lipinski definition) is 7. The number of carbonyl (C=O) groups is 1. The van der Waals surface area contributed by atoms with Crippen molar-refractivity contribution in [1.29, 1.82) is 0 Å². The lowest BCUT2D eigenvalue weighted by atomic mass is 10.1. The number of nitrogens with zero attached hydrogens (tertiary/aromatic N) is 2. The van der Waals surface area contributed by atoms with Crippen LogP contribution in [0.1, 0.15) is 21.7 Å². The number of hydrogen-bond donors (Lipinski definition) is 1. The third-order valence-corrected chi connectivity index (χ3v) is 8.00. The molecule has 0 aliphatic heterocycles. The summed E-state index contributed by atoms with van der Waals surface area (Å²) in [4.78, 5) is 32.2. The Morgan fingerprint density at radius 2 is 2.09 bits per heavy atom. The van der Waals surface area contributed by atoms with Gasteiger partial charge in [0.1, 0.15) is 10.6 Å². The van der Waals surface area contributed by atoms with Crippen molar-refractivity contribution in [3.63, 3.8) is 0 Å². The van der Waals surface area contributed by atoms with Crippen LogP contribution in [-0.4, -0.2) is 15.5 Å². The Bertz CT molecular complexity index is 1470. The zero-order valence-corrected chi connectivity index (χ0v) is 20.1. The Kier molecular flexibility index (Phi) is 6.17. The summed E-state index contributed by atoms with van der Waals surface area (Å²) in [7, 11) is 1.76. The highest BCUT2D eigenvalue weighted by Gasteiger charge is 2.16. The van der Waals surface area contributed by atoms with Crippen molar-refractivity contribution in [3.05, 3.63) is 92.8 Å². The predicted molar refractivity (Wildman–Crippen MR) is 134 cm³/mol. The molecule has 0 bridgehead atoms. The minimum atomic E-state index is -0.162. The summed E-state index contributed by atoms with van der Waals surface area (Å²) in [5.74, 6) is 1.13. The van der Waals surface area contributed by atoms with Gasteiger partial charge in [0.15, 0.2) is 5.16 Å². The van der Waals surface area contributed by atoms with Crippen molar-refractivity contribution >= 4 is 50.6 Å². The molecular weight excluding hydrogens is 474 g/mol. The molecule has 0 atom stereocenters. The molecule has 0 aliphatic rings. The Hall–Kier alpha value is -3.14. The molecule has 5 aromatic rings. The third kappa shape index (κ3) is 4.52. The average molecular weight is 494 g/mol. The SMILES string of the molecule is Cn1c(SCc2cccc(C(=O)NCc3ccco3)c2)nc2scc(-c3cccs3)c2c1=O. The number of amides is 1. The molecule has 1 aromatic carbocycles. The van der Waals surface area contributed by atoms with Crippen LogP contribution in [-0.2, 0) is 19.3 Å². The summed E-state index contributed by atoms with van der Waals surface area (Å²) in [5, 5.41) is 8.19. The number of aromatic nitrogens is 2. The zero-order chi connectivity index (χ0) is 22.8. The maximum absolute atomic E-state index is 13.1. The van der Waals surface area contributed by atoms with Crippen LogP contribution in [0, 0.1) is 0 Å². The lowest BCUT2D eigenvalue weighted by Crippen LogP contribution is -2.22. The van der Waals surface area contributed by atoms with Crippen LogP contribution in [0.4, 0.5) is 0 Å². The van der Waals surface area contributed by atoms with E-state index in [2.05, 4.69) is 5.32 Å². The van der Waals surface area contributed by atoms with E-state index in [9.17, 15) is 9.59 Å². The number of rotatable bonds is 7. The summed E-state index contributed by atoms with van der Waals surface area (Å²) in [6.07, 6.45) is 1.58. The van der Waals surface area contributed by atoms with Crippen molar-refractivity contribution in [2.24, 2.45) is 7.05 Å². The molecule has 33 heavy (non-hydrogen) atoms. The molecule has 166 valence electrons. The molecular formula is C24H19N3O3S3. The van der Waals surface area contributed by atoms with Crippen molar-refractivity contribution in [3.8, 4) is 10.4 Å². The second kappa shape index (κ2) is 9.38. The van der Waals surface area contributed by atoms with Gasteiger partial charge in [-0.2, -0.15) is 0 Å². The van der Waals surface area contributed by atoms with E-state index in [4.69, 9.17) is 9.40 Å². The van der Waals surface area contributed by atoms with Gasteiger partial charge in [-0.05, 0) is 41.3 Å². The molecule has 6 nitrogen and oxygen atoms in total. The fourth-order valence-electron chi connectivity index (χ4n) is 3.43. The lowest BCUT2D eigenvalue weighted by Gasteiger charge is -2.09. The lowest BCUT2D eigenvalue weighted by molar-refractivity contribution is 0.0948. The van der Waals surface area contributed by atoms with Gasteiger partial charge in [0.2, 0.25) is 0 Å². The summed E-state index contributed by atoms with van der Waals surface area (Å²) in [6, 6.07) is 15.1. The molecule has 0 unspecified atom stereocenters. The number of furan rings is 1. The highest BCUT2D eigenvalue weighted by atomic mass is 32.2. The molecule has 1 amide bonds. The molecule has 9 heteroatoms. The van der Waals surface area contributed by atoms with Gasteiger partial charge in [0.05, 0.1) is 18.2 Å². The van der Waals surface area contributed by atoms with E-state index in [1.54, 1.807) is 41.3 Å². The normalized spacial score (nSPS) is 11.2. The first-order chi connectivity index (χ1) is 16.1. The molecule has 4 aromatic heterocycles. The second-order valence-electron chi connectivity index (χ2n) is 7.32. The first-order valence-corrected chi connectivity index (χ1v) is 12.9. The smallest absolute Gasteiger partial charge is 0.263 e. The third-order valence-electron chi connectivity index (χ3n) is 5.12. The summed E-state index contributed by atoms with van der Waals surface area (Å²) in [5.41, 5.74) is 2.46. The molecule has 4 heterocycles. The van der Waals surface area contributed by atoms with Crippen LogP contribution in [0.25, 0.3) is 20.7 Å². The molecule has 0 spiro atoms. The largest absolute Gasteiger partial charge is 0.467 e. The Morgan fingerprint density at radius 1 is 1.18 bits per heavy atom. The fourth-order valence-corrected chi connectivity index (χ4v) is 6.15. The first kappa shape index (κ1) is 21.7. The average Bonchev–Trinajstić information content (AvgIpc) is 3.60. The van der Waals surface area contributed by atoms with Crippen molar-refractivity contribution in [2.75, 3.05) is 0 Å². The Labute approximate surface area is 201 Å². The standard InChI is InChI=1S/C24H19N3O3S3/c1-27-23(29)20-18(19-8-4-10-31-19)14-32-22(20)26-24(27)33-13-15-5-2-6-16(11-15)21(28)25-12-17-7-3-9-30-17/h2-11,14H,12-13H2,1H3,(H,25,28). The van der Waals surface area contributed by atoms with E-state index in [0.717, 1.165) is 20.8 Å². The number of thiophene rings is 2. The van der Waals surface area contributed by atoms with Crippen molar-refractivity contribution in [2.45, 2.75) is 17.5 Å². The quantitative estimate of drug-likeness (QED) is 0.238. The second-order valence-corrected chi connectivity index (χ2v) is 10.1. The number of nitrogens with one attached hydrogen (secondary N) is 1. The molecule has 1 N–H and O–H groups in total. The minimum Gasteiger partial charge on any atom is -0.467 e. The zero-order valence-electron chi connectivity index (χ0n) is 17.6. The first-order valence-electron chi connectivity index (χ1n) is 10.1. The van der Waals surface area contributed by atoms with Crippen molar-refractivity contribution < 1.29 is 9.21 Å². The van der Waals surface area contributed by atoms with E-state index in [1.807, 2.05) is 47.2 Å². The van der Waals surface area contributed by atoms with Gasteiger partial charge in [-0.1, -0.05) is 30.0 Å². The summed E-state index contributed by atoms with van der Waals surface area (Å²) >= 11 is 4.59. The number of fused-ring (bicyclic) bond motifs is 1. The fraction of sp³-hybridized carbons (Fsp3) is 0.125. The molecule has 5 rings (SSSR count). The molecule has 0 saturated heterocycles. The van der Waals surface area contributed by atoms with E-state index in [1.165, 1.54) is 23.1 Å². The van der Waals surface area contributed by atoms with Gasteiger partial charge in [-0.25, -0.2) is 4.98 Å². The molecule has 0 aliphatic carbocycles. The van der Waals surface area contributed by atoms with Gasteiger partial charge < -0.3 is 9.73 Å². The van der Waals surface area contributed by atoms with Gasteiger partial charge in [-0.3, -0.25) is 14.2 Å². The summed E-state index contributed by atoms with van der Waals surface area (Å²) in [6.45, 7) is 0.338. The van der Waals surface area contributed by atoms with E-state index < -0.39 is 0 Å². The van der Waals surface area contributed by atoms with Crippen LogP contribution in [0.2, 0.25) is 0 Å². The maximum Gasteiger partial charge on any atom is 0.263 e. The van der Waals surface area contributed by atoms with Gasteiger partial charge in [0.25, 0.3) is 11.5 Å². The van der Waals surface area contributed by atoms with E-state index in [0.29, 0.717) is 34.2 Å². The van der Waals surface area contributed by atoms with E-state index >= 15 is 0 Å². The Morgan fingerprint density at radius 3 is 2.88 bits per heavy atom. The van der Waals surface area contributed by atoms with Gasteiger partial charge in [0, 0.05) is 34.2 Å². The monoisotopic (exact) mass is 493 g/mol. The van der Waals surface area contributed by atoms with Crippen LogP contribution in [0.3, 0.4) is 0 Å². The Balaban J connectivity index is 1.33. The number of thioether (sulfide) groups is 1. The predicted octanol–water partition coefficient (Wildman–Crippen LogP) is 5.54. The highest BCUT2D eigenvalue weighted by Crippen LogP contribution is 2.34. The topological polar surface area (TPSA) is 77.1 Å². The minimum absolute atomic E-state index is 0.0433. The molecule has 0 radical (unpaired) electrons. The number of benzene rings is 1. The van der Waals surface area contributed by atoms with Crippen molar-refractivity contribution in [1.82, 2.24) is 14.9 Å². The van der Waals surface area contributed by atoms with Crippen LogP contribution >= 0.6 is 34.4 Å². The maximum atomic E-state index is 13.1. The number of carbonyl (C=O) groups excluding carboxylic acids is 1. The van der Waals surface area contributed by atoms with Crippen LogP contribution in [0.15, 0.2) is 79.9 Å². The molecule has 0 saturated carbocycles. The van der Waals surface area contributed by atoms with Crippen LogP contribution < -0.4 is 10.9 Å². The summed E-state index contributed by atoms with van der Waals surface area (Å²) < 4.78 is 6.86.